The zero-order valence-corrected chi connectivity index (χ0v) is 7.40. The Bertz CT molecular complexity index is 86.0. The molecule has 0 aliphatic heterocycles. The molecule has 0 heteroatoms. The molecular weight excluding hydrogens is 144 g/mol. The first kappa shape index (κ1) is 14.5. The number of unbranched alkanes of at least 4 members (excludes halogenated alkanes) is 1. The maximum absolute atomic E-state index is 2.39. The van der Waals surface area contributed by atoms with E-state index in [1.54, 1.807) is 0 Å². The molecule has 1 saturated carbocycles. The van der Waals surface area contributed by atoms with Crippen molar-refractivity contribution in [2.45, 2.75) is 67.2 Å². The Morgan fingerprint density at radius 2 is 1.83 bits per heavy atom. The van der Waals surface area contributed by atoms with E-state index in [1.807, 2.05) is 0 Å². The highest BCUT2D eigenvalue weighted by Crippen LogP contribution is 2.33. The van der Waals surface area contributed by atoms with Gasteiger partial charge in [0.05, 0.1) is 0 Å². The number of hydrogen-bond donors (Lipinski definition) is 0. The molecule has 1 aliphatic carbocycles. The third-order valence-electron chi connectivity index (χ3n) is 2.77. The summed E-state index contributed by atoms with van der Waals surface area (Å²) in [7, 11) is 0. The van der Waals surface area contributed by atoms with Crippen LogP contribution in [-0.4, -0.2) is 0 Å². The zero-order valence-electron chi connectivity index (χ0n) is 7.40. The van der Waals surface area contributed by atoms with Crippen molar-refractivity contribution in [3.63, 3.8) is 0 Å². The van der Waals surface area contributed by atoms with Crippen molar-refractivity contribution in [3.05, 3.63) is 0 Å². The Labute approximate surface area is 79.8 Å². The normalized spacial score (nSPS) is 27.5. The predicted molar refractivity (Wildman–Crippen MR) is 59.5 cm³/mol. The lowest BCUT2D eigenvalue weighted by molar-refractivity contribution is 0.461. The molecule has 0 aromatic heterocycles. The lowest BCUT2D eigenvalue weighted by Crippen LogP contribution is -1.93. The molecule has 2 atom stereocenters. The average molecular weight is 172 g/mol. The van der Waals surface area contributed by atoms with E-state index in [-0.39, 0.29) is 14.9 Å². The summed E-state index contributed by atoms with van der Waals surface area (Å²) in [6.45, 7) is 4.68. The van der Waals surface area contributed by atoms with Crippen LogP contribution in [-0.2, 0) is 0 Å². The van der Waals surface area contributed by atoms with Gasteiger partial charge in [-0.3, -0.25) is 0 Å². The molecule has 0 aromatic carbocycles. The van der Waals surface area contributed by atoms with E-state index in [0.717, 1.165) is 11.8 Å². The van der Waals surface area contributed by atoms with Gasteiger partial charge in [0, 0.05) is 0 Å². The monoisotopic (exact) mass is 172 g/mol. The van der Waals surface area contributed by atoms with Crippen LogP contribution in [0.15, 0.2) is 0 Å². The molecule has 76 valence electrons. The second kappa shape index (κ2) is 7.64. The van der Waals surface area contributed by atoms with Crippen LogP contribution in [0.5, 0.6) is 0 Å². The van der Waals surface area contributed by atoms with Crippen molar-refractivity contribution in [1.29, 1.82) is 0 Å². The predicted octanol–water partition coefficient (Wildman–Crippen LogP) is 4.89. The van der Waals surface area contributed by atoms with Crippen LogP contribution in [0.25, 0.3) is 0 Å². The van der Waals surface area contributed by atoms with Gasteiger partial charge in [0.15, 0.2) is 0 Å². The summed E-state index contributed by atoms with van der Waals surface area (Å²) in [5.74, 6) is 2.12. The maximum atomic E-state index is 2.39. The van der Waals surface area contributed by atoms with Gasteiger partial charge in [0.2, 0.25) is 0 Å². The molecule has 0 N–H and O–H groups in total. The van der Waals surface area contributed by atoms with E-state index in [1.165, 1.54) is 38.5 Å². The first-order valence-electron chi connectivity index (χ1n) is 4.83. The lowest BCUT2D eigenvalue weighted by Gasteiger charge is -2.06. The summed E-state index contributed by atoms with van der Waals surface area (Å²) in [6, 6.07) is 0. The highest BCUT2D eigenvalue weighted by Gasteiger charge is 2.19. The summed E-state index contributed by atoms with van der Waals surface area (Å²) >= 11 is 0. The SMILES string of the molecule is C.C.CCCCC1CCC(C)C1. The topological polar surface area (TPSA) is 0 Å². The van der Waals surface area contributed by atoms with Crippen molar-refractivity contribution in [1.82, 2.24) is 0 Å². The second-order valence-corrected chi connectivity index (χ2v) is 3.93. The van der Waals surface area contributed by atoms with Gasteiger partial charge in [0.1, 0.15) is 0 Å². The first-order valence-corrected chi connectivity index (χ1v) is 4.83. The fourth-order valence-corrected chi connectivity index (χ4v) is 2.08. The van der Waals surface area contributed by atoms with E-state index < -0.39 is 0 Å². The largest absolute Gasteiger partial charge is 0.0776 e. The molecule has 0 amide bonds. The molecule has 0 nitrogen and oxygen atoms in total. The summed E-state index contributed by atoms with van der Waals surface area (Å²) in [4.78, 5) is 0. The average Bonchev–Trinajstić information content (AvgIpc) is 2.31. The Hall–Kier alpha value is 0. The van der Waals surface area contributed by atoms with Crippen LogP contribution in [0, 0.1) is 11.8 Å². The number of hydrogen-bond acceptors (Lipinski definition) is 0. The minimum Gasteiger partial charge on any atom is -0.0776 e. The van der Waals surface area contributed by atoms with Gasteiger partial charge in [-0.2, -0.15) is 0 Å². The summed E-state index contributed by atoms with van der Waals surface area (Å²) in [5, 5.41) is 0. The molecule has 1 fully saturated rings. The molecule has 0 heterocycles. The van der Waals surface area contributed by atoms with Gasteiger partial charge in [-0.05, 0) is 18.3 Å². The molecule has 0 aromatic rings. The van der Waals surface area contributed by atoms with Crippen molar-refractivity contribution in [2.24, 2.45) is 11.8 Å². The Balaban J connectivity index is 0. The molecule has 12 heavy (non-hydrogen) atoms. The molecule has 2 unspecified atom stereocenters. The van der Waals surface area contributed by atoms with Crippen LogP contribution in [0.2, 0.25) is 0 Å². The molecule has 1 aliphatic rings. The standard InChI is InChI=1S/C10H20.2CH4/c1-3-4-5-10-7-6-9(2)8-10;;/h9-10H,3-8H2,1-2H3;2*1H4. The van der Waals surface area contributed by atoms with Crippen molar-refractivity contribution in [2.75, 3.05) is 0 Å². The second-order valence-electron chi connectivity index (χ2n) is 3.93. The Kier molecular flexibility index (Phi) is 9.24. The van der Waals surface area contributed by atoms with Gasteiger partial charge in [-0.25, -0.2) is 0 Å². The molecular formula is C12H28. The minimum absolute atomic E-state index is 0. The van der Waals surface area contributed by atoms with Crippen molar-refractivity contribution in [3.8, 4) is 0 Å². The van der Waals surface area contributed by atoms with Gasteiger partial charge in [-0.15, -0.1) is 0 Å². The van der Waals surface area contributed by atoms with Crippen LogP contribution < -0.4 is 0 Å². The molecule has 1 rings (SSSR count). The Morgan fingerprint density at radius 3 is 2.25 bits per heavy atom. The van der Waals surface area contributed by atoms with Crippen LogP contribution in [0.3, 0.4) is 0 Å². The van der Waals surface area contributed by atoms with E-state index in [2.05, 4.69) is 13.8 Å². The highest BCUT2D eigenvalue weighted by atomic mass is 14.3. The zero-order chi connectivity index (χ0) is 7.40. The summed E-state index contributed by atoms with van der Waals surface area (Å²) < 4.78 is 0. The van der Waals surface area contributed by atoms with E-state index in [9.17, 15) is 0 Å². The molecule has 0 bridgehead atoms. The third kappa shape index (κ3) is 4.79. The van der Waals surface area contributed by atoms with Crippen LogP contribution in [0.1, 0.15) is 67.2 Å². The number of rotatable bonds is 3. The highest BCUT2D eigenvalue weighted by molar-refractivity contribution is 4.72. The molecule has 0 radical (unpaired) electrons. The van der Waals surface area contributed by atoms with Crippen molar-refractivity contribution < 1.29 is 0 Å². The first-order chi connectivity index (χ1) is 4.83. The van der Waals surface area contributed by atoms with Gasteiger partial charge < -0.3 is 0 Å². The molecule has 0 saturated heterocycles. The Morgan fingerprint density at radius 1 is 1.17 bits per heavy atom. The van der Waals surface area contributed by atoms with Crippen LogP contribution in [0.4, 0.5) is 0 Å². The summed E-state index contributed by atoms with van der Waals surface area (Å²) in [5.41, 5.74) is 0. The maximum Gasteiger partial charge on any atom is -0.0412 e. The van der Waals surface area contributed by atoms with Gasteiger partial charge in [0.25, 0.3) is 0 Å². The quantitative estimate of drug-likeness (QED) is 0.569. The fraction of sp³-hybridized carbons (Fsp3) is 1.00. The minimum atomic E-state index is 0. The summed E-state index contributed by atoms with van der Waals surface area (Å²) in [6.07, 6.45) is 8.86. The van der Waals surface area contributed by atoms with E-state index in [0.29, 0.717) is 0 Å². The van der Waals surface area contributed by atoms with Crippen molar-refractivity contribution >= 4 is 0 Å². The molecule has 0 spiro atoms. The third-order valence-corrected chi connectivity index (χ3v) is 2.77. The van der Waals surface area contributed by atoms with E-state index in [4.69, 9.17) is 0 Å². The van der Waals surface area contributed by atoms with Crippen LogP contribution >= 0.6 is 0 Å². The van der Waals surface area contributed by atoms with Gasteiger partial charge in [-0.1, -0.05) is 60.8 Å². The van der Waals surface area contributed by atoms with Gasteiger partial charge >= 0.3 is 0 Å². The van der Waals surface area contributed by atoms with E-state index >= 15 is 0 Å². The smallest absolute Gasteiger partial charge is 0.0412 e. The fourth-order valence-electron chi connectivity index (χ4n) is 2.08. The lowest BCUT2D eigenvalue weighted by atomic mass is 10.00.